The monoisotopic (exact) mass is 386 g/mol. The van der Waals surface area contributed by atoms with Crippen LogP contribution in [0.2, 0.25) is 0 Å². The number of methoxy groups -OCH3 is 1. The third-order valence-electron chi connectivity index (χ3n) is 3.85. The summed E-state index contributed by atoms with van der Waals surface area (Å²) in [6.45, 7) is 0.0753. The lowest BCUT2D eigenvalue weighted by molar-refractivity contribution is -0.125. The minimum atomic E-state index is -0.310. The van der Waals surface area contributed by atoms with Crippen molar-refractivity contribution in [1.82, 2.24) is 4.90 Å². The summed E-state index contributed by atoms with van der Waals surface area (Å²) in [7, 11) is 1.53. The van der Waals surface area contributed by atoms with Crippen molar-refractivity contribution in [3.63, 3.8) is 0 Å². The molecule has 1 aliphatic heterocycles. The number of thioether (sulfide) groups is 1. The molecule has 0 saturated carbocycles. The number of rotatable bonds is 7. The van der Waals surface area contributed by atoms with E-state index >= 15 is 0 Å². The first kappa shape index (κ1) is 18.8. The summed E-state index contributed by atoms with van der Waals surface area (Å²) in [5.74, 6) is 0.743. The van der Waals surface area contributed by atoms with Crippen molar-refractivity contribution in [2.75, 3.05) is 24.8 Å². The minimum Gasteiger partial charge on any atom is -0.493 e. The Labute approximate surface area is 160 Å². The lowest BCUT2D eigenvalue weighted by atomic mass is 10.2. The van der Waals surface area contributed by atoms with Crippen molar-refractivity contribution >= 4 is 34.5 Å². The van der Waals surface area contributed by atoms with E-state index < -0.39 is 0 Å². The highest BCUT2D eigenvalue weighted by molar-refractivity contribution is 8.14. The predicted octanol–water partition coefficient (Wildman–Crippen LogP) is 2.91. The second kappa shape index (κ2) is 8.59. The standard InChI is InChI=1S/C19H18N2O5S/c1-25-15-4-2-3-5-16(15)26-11-17(22)20-14-8-6-13(7-9-14)10-21-18(23)12-27-19(21)24/h2-9H,10-12H2,1H3,(H,20,22). The lowest BCUT2D eigenvalue weighted by Gasteiger charge is -2.13. The number of carbonyl (C=O) groups is 3. The Morgan fingerprint density at radius 3 is 2.44 bits per heavy atom. The predicted molar refractivity (Wildman–Crippen MR) is 102 cm³/mol. The molecule has 2 aromatic rings. The molecule has 2 aromatic carbocycles. The van der Waals surface area contributed by atoms with E-state index in [-0.39, 0.29) is 36.0 Å². The number of imide groups is 1. The number of para-hydroxylation sites is 2. The number of hydrogen-bond acceptors (Lipinski definition) is 6. The highest BCUT2D eigenvalue weighted by Crippen LogP contribution is 2.25. The van der Waals surface area contributed by atoms with Gasteiger partial charge in [0.25, 0.3) is 11.1 Å². The first-order valence-electron chi connectivity index (χ1n) is 8.18. The van der Waals surface area contributed by atoms with Crippen LogP contribution in [0.25, 0.3) is 0 Å². The average molecular weight is 386 g/mol. The van der Waals surface area contributed by atoms with Gasteiger partial charge in [0.15, 0.2) is 18.1 Å². The van der Waals surface area contributed by atoms with Crippen LogP contribution in [-0.2, 0) is 16.1 Å². The Kier molecular flexibility index (Phi) is 5.97. The van der Waals surface area contributed by atoms with Crippen LogP contribution in [0, 0.1) is 0 Å². The van der Waals surface area contributed by atoms with Gasteiger partial charge in [-0.05, 0) is 29.8 Å². The fourth-order valence-corrected chi connectivity index (χ4v) is 3.21. The number of carbonyl (C=O) groups excluding carboxylic acids is 3. The van der Waals surface area contributed by atoms with Gasteiger partial charge in [0, 0.05) is 5.69 Å². The van der Waals surface area contributed by atoms with Crippen molar-refractivity contribution in [2.24, 2.45) is 0 Å². The van der Waals surface area contributed by atoms with Crippen LogP contribution in [0.5, 0.6) is 11.5 Å². The molecule has 0 atom stereocenters. The Morgan fingerprint density at radius 2 is 1.81 bits per heavy atom. The van der Waals surface area contributed by atoms with Crippen LogP contribution < -0.4 is 14.8 Å². The molecule has 0 spiro atoms. The summed E-state index contributed by atoms with van der Waals surface area (Å²) in [5, 5.41) is 2.50. The first-order valence-corrected chi connectivity index (χ1v) is 9.17. The highest BCUT2D eigenvalue weighted by atomic mass is 32.2. The van der Waals surface area contributed by atoms with Gasteiger partial charge in [-0.2, -0.15) is 0 Å². The molecule has 1 saturated heterocycles. The van der Waals surface area contributed by atoms with Gasteiger partial charge in [-0.3, -0.25) is 19.3 Å². The van der Waals surface area contributed by atoms with Crippen LogP contribution in [-0.4, -0.2) is 41.4 Å². The zero-order valence-corrected chi connectivity index (χ0v) is 15.5. The Morgan fingerprint density at radius 1 is 1.11 bits per heavy atom. The molecule has 1 heterocycles. The fraction of sp³-hybridized carbons (Fsp3) is 0.211. The molecule has 0 aliphatic carbocycles. The summed E-state index contributed by atoms with van der Waals surface area (Å²) >= 11 is 1.01. The maximum atomic E-state index is 12.1. The minimum absolute atomic E-state index is 0.157. The molecule has 1 aliphatic rings. The summed E-state index contributed by atoms with van der Waals surface area (Å²) in [6.07, 6.45) is 0. The van der Waals surface area contributed by atoms with Gasteiger partial charge in [0.1, 0.15) is 0 Å². The number of amides is 3. The van der Waals surface area contributed by atoms with Gasteiger partial charge in [-0.1, -0.05) is 36.0 Å². The number of nitrogens with one attached hydrogen (secondary N) is 1. The molecular weight excluding hydrogens is 368 g/mol. The summed E-state index contributed by atoms with van der Waals surface area (Å²) in [4.78, 5) is 36.5. The second-order valence-corrected chi connectivity index (χ2v) is 6.65. The Hall–Kier alpha value is -3.00. The van der Waals surface area contributed by atoms with E-state index in [1.165, 1.54) is 12.0 Å². The zero-order chi connectivity index (χ0) is 19.2. The molecule has 8 heteroatoms. The highest BCUT2D eigenvalue weighted by Gasteiger charge is 2.29. The molecule has 3 amide bonds. The van der Waals surface area contributed by atoms with Gasteiger partial charge in [0.05, 0.1) is 19.4 Å². The topological polar surface area (TPSA) is 84.9 Å². The quantitative estimate of drug-likeness (QED) is 0.788. The first-order chi connectivity index (χ1) is 13.1. The van der Waals surface area contributed by atoms with Crippen LogP contribution >= 0.6 is 11.8 Å². The van der Waals surface area contributed by atoms with Crippen LogP contribution in [0.15, 0.2) is 48.5 Å². The van der Waals surface area contributed by atoms with E-state index in [9.17, 15) is 14.4 Å². The molecule has 1 N–H and O–H groups in total. The number of anilines is 1. The summed E-state index contributed by atoms with van der Waals surface area (Å²) < 4.78 is 10.6. The molecule has 27 heavy (non-hydrogen) atoms. The van der Waals surface area contributed by atoms with Crippen molar-refractivity contribution in [3.05, 3.63) is 54.1 Å². The van der Waals surface area contributed by atoms with Crippen molar-refractivity contribution in [1.29, 1.82) is 0 Å². The molecule has 0 radical (unpaired) electrons. The smallest absolute Gasteiger partial charge is 0.289 e. The largest absolute Gasteiger partial charge is 0.493 e. The third kappa shape index (κ3) is 4.79. The van der Waals surface area contributed by atoms with Gasteiger partial charge in [-0.25, -0.2) is 0 Å². The van der Waals surface area contributed by atoms with Gasteiger partial charge in [-0.15, -0.1) is 0 Å². The summed E-state index contributed by atoms with van der Waals surface area (Å²) in [5.41, 5.74) is 1.41. The lowest BCUT2D eigenvalue weighted by Crippen LogP contribution is -2.27. The average Bonchev–Trinajstić information content (AvgIpc) is 3.00. The van der Waals surface area contributed by atoms with Crippen LogP contribution in [0.1, 0.15) is 5.56 Å². The Balaban J connectivity index is 1.52. The van der Waals surface area contributed by atoms with E-state index in [2.05, 4.69) is 5.32 Å². The maximum Gasteiger partial charge on any atom is 0.289 e. The third-order valence-corrected chi connectivity index (χ3v) is 4.71. The maximum absolute atomic E-state index is 12.1. The normalized spacial score (nSPS) is 13.6. The molecule has 0 bridgehead atoms. The second-order valence-electron chi connectivity index (χ2n) is 5.72. The van der Waals surface area contributed by atoms with E-state index in [1.807, 2.05) is 6.07 Å². The van der Waals surface area contributed by atoms with Crippen LogP contribution in [0.3, 0.4) is 0 Å². The number of nitrogens with zero attached hydrogens (tertiary/aromatic N) is 1. The van der Waals surface area contributed by atoms with Gasteiger partial charge >= 0.3 is 0 Å². The SMILES string of the molecule is COc1ccccc1OCC(=O)Nc1ccc(CN2C(=O)CSC2=O)cc1. The van der Waals surface area contributed by atoms with E-state index in [0.717, 1.165) is 17.3 Å². The molecule has 7 nitrogen and oxygen atoms in total. The van der Waals surface area contributed by atoms with Crippen molar-refractivity contribution in [2.45, 2.75) is 6.54 Å². The number of benzene rings is 2. The van der Waals surface area contributed by atoms with E-state index in [1.54, 1.807) is 42.5 Å². The molecule has 3 rings (SSSR count). The van der Waals surface area contributed by atoms with E-state index in [0.29, 0.717) is 17.2 Å². The molecule has 140 valence electrons. The van der Waals surface area contributed by atoms with Crippen molar-refractivity contribution < 1.29 is 23.9 Å². The molecule has 0 unspecified atom stereocenters. The summed E-state index contributed by atoms with van der Waals surface area (Å²) in [6, 6.07) is 14.0. The van der Waals surface area contributed by atoms with E-state index in [4.69, 9.17) is 9.47 Å². The molecular formula is C19H18N2O5S. The fourth-order valence-electron chi connectivity index (χ4n) is 2.49. The van der Waals surface area contributed by atoms with Crippen molar-refractivity contribution in [3.8, 4) is 11.5 Å². The van der Waals surface area contributed by atoms with Gasteiger partial charge < -0.3 is 14.8 Å². The molecule has 1 fully saturated rings. The van der Waals surface area contributed by atoms with Crippen LogP contribution in [0.4, 0.5) is 10.5 Å². The van der Waals surface area contributed by atoms with Gasteiger partial charge in [0.2, 0.25) is 5.91 Å². The Bertz CT molecular complexity index is 837. The number of ether oxygens (including phenoxy) is 2. The number of hydrogen-bond donors (Lipinski definition) is 1. The zero-order valence-electron chi connectivity index (χ0n) is 14.6. The molecule has 0 aromatic heterocycles.